The van der Waals surface area contributed by atoms with E-state index >= 15 is 0 Å². The van der Waals surface area contributed by atoms with Gasteiger partial charge in [0.25, 0.3) is 5.91 Å². The minimum absolute atomic E-state index is 0.0169. The van der Waals surface area contributed by atoms with E-state index in [0.29, 0.717) is 12.3 Å². The van der Waals surface area contributed by atoms with Crippen LogP contribution in [0.25, 0.3) is 0 Å². The predicted molar refractivity (Wildman–Crippen MR) is 113 cm³/mol. The summed E-state index contributed by atoms with van der Waals surface area (Å²) in [5.41, 5.74) is 2.71. The molecule has 0 bridgehead atoms. The number of piperidine rings is 1. The summed E-state index contributed by atoms with van der Waals surface area (Å²) in [5.74, 6) is 0.553. The third kappa shape index (κ3) is 4.53. The topological polar surface area (TPSA) is 61.9 Å². The van der Waals surface area contributed by atoms with Crippen molar-refractivity contribution in [3.05, 3.63) is 54.1 Å². The highest BCUT2D eigenvalue weighted by atomic mass is 16.5. The Hall–Kier alpha value is -3.02. The summed E-state index contributed by atoms with van der Waals surface area (Å²) >= 11 is 0. The van der Waals surface area contributed by atoms with Crippen molar-refractivity contribution in [3.8, 4) is 5.75 Å². The zero-order valence-corrected chi connectivity index (χ0v) is 16.8. The van der Waals surface area contributed by atoms with Crippen molar-refractivity contribution in [1.29, 1.82) is 0 Å². The van der Waals surface area contributed by atoms with Crippen molar-refractivity contribution in [1.82, 2.24) is 4.90 Å². The molecule has 0 aromatic heterocycles. The lowest BCUT2D eigenvalue weighted by Crippen LogP contribution is -2.52. The molecule has 6 nitrogen and oxygen atoms in total. The molecule has 152 valence electrons. The number of carbonyl (C=O) groups is 2. The van der Waals surface area contributed by atoms with Crippen LogP contribution in [0, 0.1) is 6.92 Å². The number of amides is 2. The second-order valence-electron chi connectivity index (χ2n) is 7.76. The molecule has 2 aromatic rings. The van der Waals surface area contributed by atoms with Crippen molar-refractivity contribution in [2.75, 3.05) is 36.4 Å². The molecule has 1 saturated heterocycles. The molecule has 1 fully saturated rings. The summed E-state index contributed by atoms with van der Waals surface area (Å²) < 4.78 is 6.03. The maximum absolute atomic E-state index is 13.0. The first kappa shape index (κ1) is 19.3. The highest BCUT2D eigenvalue weighted by Gasteiger charge is 2.34. The third-order valence-electron chi connectivity index (χ3n) is 5.44. The number of benzene rings is 2. The van der Waals surface area contributed by atoms with E-state index in [1.807, 2.05) is 65.3 Å². The SMILES string of the molecule is Cc1cccc(NC(=O)CN2C[C@@H](C(=O)N3CCCCC3)Oc3ccccc32)c1. The standard InChI is InChI=1S/C23H27N3O3/c1-17-8-7-9-18(14-17)24-22(27)16-26-15-21(23(28)25-12-5-2-6-13-25)29-20-11-4-3-10-19(20)26/h3-4,7-11,14,21H,2,5-6,12-13,15-16H2,1H3,(H,24,27)/t21-/m0/s1. The summed E-state index contributed by atoms with van der Waals surface area (Å²) in [6.07, 6.45) is 2.66. The fraction of sp³-hybridized carbons (Fsp3) is 0.391. The van der Waals surface area contributed by atoms with Gasteiger partial charge in [0.1, 0.15) is 5.75 Å². The predicted octanol–water partition coefficient (Wildman–Crippen LogP) is 3.21. The number of anilines is 2. The smallest absolute Gasteiger partial charge is 0.265 e. The van der Waals surface area contributed by atoms with Crippen LogP contribution in [0.5, 0.6) is 5.75 Å². The number of ether oxygens (including phenoxy) is 1. The minimum Gasteiger partial charge on any atom is -0.477 e. The fourth-order valence-corrected chi connectivity index (χ4v) is 4.00. The average molecular weight is 393 g/mol. The molecular weight excluding hydrogens is 366 g/mol. The molecule has 0 saturated carbocycles. The van der Waals surface area contributed by atoms with Crippen LogP contribution in [0.1, 0.15) is 24.8 Å². The van der Waals surface area contributed by atoms with Gasteiger partial charge in [-0.2, -0.15) is 0 Å². The number of likely N-dealkylation sites (tertiary alicyclic amines) is 1. The van der Waals surface area contributed by atoms with Crippen LogP contribution in [0.4, 0.5) is 11.4 Å². The number of para-hydroxylation sites is 2. The van der Waals surface area contributed by atoms with E-state index in [2.05, 4.69) is 5.32 Å². The number of nitrogens with one attached hydrogen (secondary N) is 1. The maximum atomic E-state index is 13.0. The van der Waals surface area contributed by atoms with Gasteiger partial charge in [-0.25, -0.2) is 0 Å². The Morgan fingerprint density at radius 3 is 2.66 bits per heavy atom. The lowest BCUT2D eigenvalue weighted by atomic mass is 10.1. The third-order valence-corrected chi connectivity index (χ3v) is 5.44. The van der Waals surface area contributed by atoms with E-state index in [1.54, 1.807) is 0 Å². The van der Waals surface area contributed by atoms with E-state index in [1.165, 1.54) is 6.42 Å². The van der Waals surface area contributed by atoms with Crippen LogP contribution >= 0.6 is 0 Å². The minimum atomic E-state index is -0.588. The molecule has 2 aromatic carbocycles. The monoisotopic (exact) mass is 393 g/mol. The number of carbonyl (C=O) groups excluding carboxylic acids is 2. The van der Waals surface area contributed by atoms with Gasteiger partial charge in [-0.15, -0.1) is 0 Å². The average Bonchev–Trinajstić information content (AvgIpc) is 2.73. The number of nitrogens with zero attached hydrogens (tertiary/aromatic N) is 2. The summed E-state index contributed by atoms with van der Waals surface area (Å²) in [6, 6.07) is 15.3. The maximum Gasteiger partial charge on any atom is 0.265 e. The van der Waals surface area contributed by atoms with Gasteiger partial charge in [-0.05, 0) is 56.0 Å². The Morgan fingerprint density at radius 1 is 1.07 bits per heavy atom. The Bertz CT molecular complexity index is 892. The summed E-state index contributed by atoms with van der Waals surface area (Å²) in [5, 5.41) is 2.95. The van der Waals surface area contributed by atoms with E-state index in [0.717, 1.165) is 42.9 Å². The van der Waals surface area contributed by atoms with E-state index in [-0.39, 0.29) is 18.4 Å². The van der Waals surface area contributed by atoms with Crippen LogP contribution < -0.4 is 15.0 Å². The normalized spacial score (nSPS) is 18.6. The lowest BCUT2D eigenvalue weighted by molar-refractivity contribution is -0.139. The summed E-state index contributed by atoms with van der Waals surface area (Å²) in [4.78, 5) is 29.5. The lowest BCUT2D eigenvalue weighted by Gasteiger charge is -2.38. The first-order valence-corrected chi connectivity index (χ1v) is 10.3. The van der Waals surface area contributed by atoms with Crippen molar-refractivity contribution >= 4 is 23.2 Å². The van der Waals surface area contributed by atoms with Crippen LogP contribution in [0.2, 0.25) is 0 Å². The van der Waals surface area contributed by atoms with E-state index in [9.17, 15) is 9.59 Å². The van der Waals surface area contributed by atoms with Crippen molar-refractivity contribution < 1.29 is 14.3 Å². The van der Waals surface area contributed by atoms with Gasteiger partial charge < -0.3 is 19.9 Å². The molecule has 4 rings (SSSR count). The molecule has 29 heavy (non-hydrogen) atoms. The van der Waals surface area contributed by atoms with Gasteiger partial charge in [0.05, 0.1) is 18.8 Å². The number of fused-ring (bicyclic) bond motifs is 1. The molecular formula is C23H27N3O3. The summed E-state index contributed by atoms with van der Waals surface area (Å²) in [6.45, 7) is 4.10. The molecule has 1 atom stereocenters. The van der Waals surface area contributed by atoms with Crippen LogP contribution in [0.3, 0.4) is 0 Å². The Kier molecular flexibility index (Phi) is 5.69. The molecule has 2 heterocycles. The van der Waals surface area contributed by atoms with Crippen molar-refractivity contribution in [3.63, 3.8) is 0 Å². The van der Waals surface area contributed by atoms with Gasteiger partial charge in [0.2, 0.25) is 5.91 Å². The quantitative estimate of drug-likeness (QED) is 0.867. The molecule has 2 aliphatic rings. The second-order valence-corrected chi connectivity index (χ2v) is 7.76. The largest absolute Gasteiger partial charge is 0.477 e. The Morgan fingerprint density at radius 2 is 1.86 bits per heavy atom. The molecule has 2 amide bonds. The molecule has 0 aliphatic carbocycles. The summed E-state index contributed by atoms with van der Waals surface area (Å²) in [7, 11) is 0. The van der Waals surface area contributed by atoms with Crippen LogP contribution in [-0.4, -0.2) is 49.0 Å². The first-order chi connectivity index (χ1) is 14.1. The van der Waals surface area contributed by atoms with Gasteiger partial charge in [0, 0.05) is 18.8 Å². The van der Waals surface area contributed by atoms with Gasteiger partial charge in [0.15, 0.2) is 6.10 Å². The molecule has 2 aliphatic heterocycles. The van der Waals surface area contributed by atoms with Gasteiger partial charge in [-0.1, -0.05) is 24.3 Å². The molecule has 0 spiro atoms. The number of aryl methyl sites for hydroxylation is 1. The molecule has 0 radical (unpaired) electrons. The second kappa shape index (κ2) is 8.55. The zero-order chi connectivity index (χ0) is 20.2. The molecule has 0 unspecified atom stereocenters. The van der Waals surface area contributed by atoms with Crippen molar-refractivity contribution in [2.24, 2.45) is 0 Å². The Balaban J connectivity index is 1.48. The Labute approximate surface area is 171 Å². The number of rotatable bonds is 4. The number of hydrogen-bond donors (Lipinski definition) is 1. The highest BCUT2D eigenvalue weighted by Crippen LogP contribution is 2.33. The fourth-order valence-electron chi connectivity index (χ4n) is 4.00. The van der Waals surface area contributed by atoms with Gasteiger partial charge >= 0.3 is 0 Å². The van der Waals surface area contributed by atoms with Gasteiger partial charge in [-0.3, -0.25) is 9.59 Å². The number of hydrogen-bond acceptors (Lipinski definition) is 4. The van der Waals surface area contributed by atoms with Crippen molar-refractivity contribution in [2.45, 2.75) is 32.3 Å². The molecule has 1 N–H and O–H groups in total. The first-order valence-electron chi connectivity index (χ1n) is 10.3. The van der Waals surface area contributed by atoms with E-state index < -0.39 is 6.10 Å². The zero-order valence-electron chi connectivity index (χ0n) is 16.8. The van der Waals surface area contributed by atoms with Crippen LogP contribution in [-0.2, 0) is 9.59 Å². The van der Waals surface area contributed by atoms with Crippen LogP contribution in [0.15, 0.2) is 48.5 Å². The highest BCUT2D eigenvalue weighted by molar-refractivity contribution is 5.95. The molecule has 6 heteroatoms. The van der Waals surface area contributed by atoms with E-state index in [4.69, 9.17) is 4.74 Å².